The smallest absolute Gasteiger partial charge is 0.165 e. The standard InChI is InChI=1S/C18H27FN2O.ClH/c1-22-18-15(8-5-9-16(18)19)17(14-6-3-2-4-7-14)21-12-10-20-11-13-21;/h5,8-9,14,17,20H,2-4,6-7,10-13H2,1H3;1H/t17-;/m1./s1. The molecule has 130 valence electrons. The number of halogens is 2. The number of ether oxygens (including phenoxy) is 1. The molecule has 1 N–H and O–H groups in total. The van der Waals surface area contributed by atoms with Crippen LogP contribution in [0.4, 0.5) is 4.39 Å². The maximum Gasteiger partial charge on any atom is 0.165 e. The number of rotatable bonds is 4. The molecule has 1 aromatic rings. The highest BCUT2D eigenvalue weighted by Gasteiger charge is 2.33. The number of hydrogen-bond acceptors (Lipinski definition) is 3. The van der Waals surface area contributed by atoms with Gasteiger partial charge in [0.15, 0.2) is 11.6 Å². The first-order valence-electron chi connectivity index (χ1n) is 8.58. The largest absolute Gasteiger partial charge is 0.493 e. The number of piperazine rings is 1. The van der Waals surface area contributed by atoms with E-state index in [1.807, 2.05) is 6.07 Å². The van der Waals surface area contributed by atoms with Gasteiger partial charge in [-0.15, -0.1) is 12.4 Å². The van der Waals surface area contributed by atoms with Gasteiger partial charge in [0.2, 0.25) is 0 Å². The Balaban J connectivity index is 0.00000192. The molecule has 0 aromatic heterocycles. The van der Waals surface area contributed by atoms with Crippen LogP contribution in [0.25, 0.3) is 0 Å². The zero-order valence-electron chi connectivity index (χ0n) is 13.9. The van der Waals surface area contributed by atoms with Crippen LogP contribution in [0.15, 0.2) is 18.2 Å². The first-order valence-corrected chi connectivity index (χ1v) is 8.58. The molecule has 23 heavy (non-hydrogen) atoms. The fourth-order valence-electron chi connectivity index (χ4n) is 4.13. The molecule has 0 unspecified atom stereocenters. The Labute approximate surface area is 145 Å². The van der Waals surface area contributed by atoms with Crippen molar-refractivity contribution in [3.8, 4) is 5.75 Å². The third kappa shape index (κ3) is 4.17. The molecular formula is C18H28ClFN2O. The second-order valence-corrected chi connectivity index (χ2v) is 6.49. The molecule has 0 radical (unpaired) electrons. The van der Waals surface area contributed by atoms with Gasteiger partial charge in [-0.3, -0.25) is 4.90 Å². The summed E-state index contributed by atoms with van der Waals surface area (Å²) < 4.78 is 19.6. The van der Waals surface area contributed by atoms with Crippen LogP contribution in [-0.2, 0) is 0 Å². The summed E-state index contributed by atoms with van der Waals surface area (Å²) in [6.45, 7) is 4.09. The molecule has 2 fully saturated rings. The van der Waals surface area contributed by atoms with Crippen molar-refractivity contribution in [2.24, 2.45) is 5.92 Å². The molecule has 1 saturated heterocycles. The lowest BCUT2D eigenvalue weighted by atomic mass is 9.80. The van der Waals surface area contributed by atoms with Gasteiger partial charge in [0.1, 0.15) is 0 Å². The average molecular weight is 343 g/mol. The molecule has 1 atom stereocenters. The highest BCUT2D eigenvalue weighted by molar-refractivity contribution is 5.85. The third-order valence-corrected chi connectivity index (χ3v) is 5.16. The van der Waals surface area contributed by atoms with Crippen LogP contribution < -0.4 is 10.1 Å². The van der Waals surface area contributed by atoms with Crippen LogP contribution in [0.3, 0.4) is 0 Å². The minimum atomic E-state index is -0.240. The molecule has 0 bridgehead atoms. The van der Waals surface area contributed by atoms with Crippen LogP contribution in [0.2, 0.25) is 0 Å². The Bertz CT molecular complexity index is 470. The van der Waals surface area contributed by atoms with Crippen molar-refractivity contribution in [2.45, 2.75) is 38.1 Å². The molecule has 3 nitrogen and oxygen atoms in total. The molecule has 3 rings (SSSR count). The Morgan fingerprint density at radius 1 is 1.17 bits per heavy atom. The Kier molecular flexibility index (Phi) is 7.12. The lowest BCUT2D eigenvalue weighted by Gasteiger charge is -2.41. The van der Waals surface area contributed by atoms with Crippen LogP contribution in [0.1, 0.15) is 43.7 Å². The minimum absolute atomic E-state index is 0. The van der Waals surface area contributed by atoms with Crippen molar-refractivity contribution < 1.29 is 9.13 Å². The highest BCUT2D eigenvalue weighted by atomic mass is 35.5. The van der Waals surface area contributed by atoms with E-state index in [4.69, 9.17) is 4.74 Å². The number of methoxy groups -OCH3 is 1. The lowest BCUT2D eigenvalue weighted by Crippen LogP contribution is -2.47. The van der Waals surface area contributed by atoms with Gasteiger partial charge in [0.25, 0.3) is 0 Å². The van der Waals surface area contributed by atoms with Crippen molar-refractivity contribution in [3.63, 3.8) is 0 Å². The molecule has 0 amide bonds. The van der Waals surface area contributed by atoms with Crippen molar-refractivity contribution in [1.29, 1.82) is 0 Å². The summed E-state index contributed by atoms with van der Waals surface area (Å²) in [7, 11) is 1.58. The van der Waals surface area contributed by atoms with Gasteiger partial charge < -0.3 is 10.1 Å². The van der Waals surface area contributed by atoms with Crippen molar-refractivity contribution in [1.82, 2.24) is 10.2 Å². The molecular weight excluding hydrogens is 315 g/mol. The van der Waals surface area contributed by atoms with E-state index in [1.54, 1.807) is 7.11 Å². The Morgan fingerprint density at radius 3 is 2.52 bits per heavy atom. The molecule has 1 aromatic carbocycles. The second kappa shape index (κ2) is 8.86. The summed E-state index contributed by atoms with van der Waals surface area (Å²) in [4.78, 5) is 2.53. The first kappa shape index (κ1) is 18.5. The van der Waals surface area contributed by atoms with E-state index in [2.05, 4.69) is 16.3 Å². The summed E-state index contributed by atoms with van der Waals surface area (Å²) in [6.07, 6.45) is 6.42. The number of nitrogens with one attached hydrogen (secondary N) is 1. The monoisotopic (exact) mass is 342 g/mol. The van der Waals surface area contributed by atoms with Gasteiger partial charge in [-0.2, -0.15) is 0 Å². The molecule has 1 saturated carbocycles. The van der Waals surface area contributed by atoms with E-state index >= 15 is 0 Å². The Hall–Kier alpha value is -0.840. The molecule has 1 heterocycles. The highest BCUT2D eigenvalue weighted by Crippen LogP contribution is 2.42. The minimum Gasteiger partial charge on any atom is -0.493 e. The van der Waals surface area contributed by atoms with Gasteiger partial charge >= 0.3 is 0 Å². The van der Waals surface area contributed by atoms with Crippen LogP contribution >= 0.6 is 12.4 Å². The van der Waals surface area contributed by atoms with E-state index in [0.29, 0.717) is 11.7 Å². The summed E-state index contributed by atoms with van der Waals surface area (Å²) in [5, 5.41) is 3.42. The van der Waals surface area contributed by atoms with Crippen LogP contribution in [0.5, 0.6) is 5.75 Å². The van der Waals surface area contributed by atoms with Crippen molar-refractivity contribution in [3.05, 3.63) is 29.6 Å². The number of hydrogen-bond donors (Lipinski definition) is 1. The van der Waals surface area contributed by atoms with E-state index < -0.39 is 0 Å². The van der Waals surface area contributed by atoms with E-state index in [0.717, 1.165) is 31.7 Å². The SMILES string of the molecule is COc1c(F)cccc1[C@@H](C1CCCCC1)N1CCNCC1.Cl. The number of benzene rings is 1. The summed E-state index contributed by atoms with van der Waals surface area (Å²) in [5.74, 6) is 0.815. The van der Waals surface area contributed by atoms with Crippen LogP contribution in [-0.4, -0.2) is 38.2 Å². The predicted octanol–water partition coefficient (Wildman–Crippen LogP) is 3.78. The van der Waals surface area contributed by atoms with Gasteiger partial charge in [-0.25, -0.2) is 4.39 Å². The molecule has 1 aliphatic carbocycles. The number of nitrogens with zero attached hydrogens (tertiary/aromatic N) is 1. The quantitative estimate of drug-likeness (QED) is 0.901. The molecule has 1 aliphatic heterocycles. The van der Waals surface area contributed by atoms with Gasteiger partial charge in [-0.1, -0.05) is 31.4 Å². The summed E-state index contributed by atoms with van der Waals surface area (Å²) in [5.41, 5.74) is 1.04. The van der Waals surface area contributed by atoms with Crippen LogP contribution in [0, 0.1) is 11.7 Å². The Morgan fingerprint density at radius 2 is 1.87 bits per heavy atom. The summed E-state index contributed by atoms with van der Waals surface area (Å²) in [6, 6.07) is 5.67. The average Bonchev–Trinajstić information content (AvgIpc) is 2.57. The molecule has 0 spiro atoms. The maximum atomic E-state index is 14.2. The topological polar surface area (TPSA) is 24.5 Å². The number of para-hydroxylation sites is 1. The van der Waals surface area contributed by atoms with Crippen molar-refractivity contribution >= 4 is 12.4 Å². The summed E-state index contributed by atoms with van der Waals surface area (Å²) >= 11 is 0. The lowest BCUT2D eigenvalue weighted by molar-refractivity contribution is 0.101. The zero-order chi connectivity index (χ0) is 15.4. The van der Waals surface area contributed by atoms with E-state index in [1.165, 1.54) is 38.2 Å². The second-order valence-electron chi connectivity index (χ2n) is 6.49. The predicted molar refractivity (Wildman–Crippen MR) is 94.0 cm³/mol. The van der Waals surface area contributed by atoms with E-state index in [9.17, 15) is 4.39 Å². The molecule has 5 heteroatoms. The zero-order valence-corrected chi connectivity index (χ0v) is 14.7. The van der Waals surface area contributed by atoms with Crippen molar-refractivity contribution in [2.75, 3.05) is 33.3 Å². The van der Waals surface area contributed by atoms with Gasteiger partial charge in [-0.05, 0) is 24.8 Å². The third-order valence-electron chi connectivity index (χ3n) is 5.16. The fraction of sp³-hybridized carbons (Fsp3) is 0.667. The molecule has 2 aliphatic rings. The van der Waals surface area contributed by atoms with E-state index in [-0.39, 0.29) is 24.3 Å². The maximum absolute atomic E-state index is 14.2. The normalized spacial score (nSPS) is 21.5. The first-order chi connectivity index (χ1) is 10.8. The van der Waals surface area contributed by atoms with Gasteiger partial charge in [0.05, 0.1) is 7.11 Å². The van der Waals surface area contributed by atoms with Gasteiger partial charge in [0, 0.05) is 37.8 Å². The fourth-order valence-corrected chi connectivity index (χ4v) is 4.13.